The van der Waals surface area contributed by atoms with Gasteiger partial charge in [-0.05, 0) is 6.92 Å². The van der Waals surface area contributed by atoms with E-state index in [2.05, 4.69) is 0 Å². The summed E-state index contributed by atoms with van der Waals surface area (Å²) in [7, 11) is 0. The van der Waals surface area contributed by atoms with Gasteiger partial charge < -0.3 is 19.7 Å². The van der Waals surface area contributed by atoms with Gasteiger partial charge in [0.05, 0.1) is 25.4 Å². The minimum atomic E-state index is -0.885. The molecule has 1 saturated heterocycles. The summed E-state index contributed by atoms with van der Waals surface area (Å²) in [4.78, 5) is 0. The van der Waals surface area contributed by atoms with Crippen molar-refractivity contribution in [3.8, 4) is 0 Å². The first-order valence-corrected chi connectivity index (χ1v) is 6.75. The van der Waals surface area contributed by atoms with E-state index in [0.29, 0.717) is 19.6 Å². The molecule has 2 rings (SSSR count). The first kappa shape index (κ1) is 14.5. The van der Waals surface area contributed by atoms with E-state index in [1.807, 2.05) is 37.3 Å². The minimum absolute atomic E-state index is 0.228. The Morgan fingerprint density at radius 3 is 2.21 bits per heavy atom. The third-order valence-electron chi connectivity index (χ3n) is 3.81. The zero-order chi connectivity index (χ0) is 13.9. The summed E-state index contributed by atoms with van der Waals surface area (Å²) in [5, 5.41) is 19.8. The second kappa shape index (κ2) is 6.01. The first-order valence-electron chi connectivity index (χ1n) is 6.75. The Labute approximate surface area is 114 Å². The molecular weight excluding hydrogens is 244 g/mol. The van der Waals surface area contributed by atoms with Gasteiger partial charge in [0, 0.05) is 17.9 Å². The molecule has 106 valence electrons. The second-order valence-electron chi connectivity index (χ2n) is 5.19. The van der Waals surface area contributed by atoms with E-state index in [-0.39, 0.29) is 5.92 Å². The Hall–Kier alpha value is -0.940. The highest BCUT2D eigenvalue weighted by atomic mass is 16.7. The van der Waals surface area contributed by atoms with E-state index in [0.717, 1.165) is 5.56 Å². The number of benzene rings is 1. The van der Waals surface area contributed by atoms with Crippen LogP contribution in [0.4, 0.5) is 0 Å². The molecule has 0 aromatic heterocycles. The summed E-state index contributed by atoms with van der Waals surface area (Å²) in [5.41, 5.74) is 0.907. The smallest absolute Gasteiger partial charge is 0.197 e. The van der Waals surface area contributed by atoms with Crippen molar-refractivity contribution in [2.75, 3.05) is 13.2 Å². The zero-order valence-electron chi connectivity index (χ0n) is 11.5. The van der Waals surface area contributed by atoms with Gasteiger partial charge in [-0.25, -0.2) is 0 Å². The molecular formula is C15H22O4. The Balaban J connectivity index is 2.17. The molecule has 1 aliphatic rings. The number of aliphatic hydroxyl groups excluding tert-OH is 2. The van der Waals surface area contributed by atoms with Gasteiger partial charge in [0.15, 0.2) is 5.79 Å². The maximum Gasteiger partial charge on any atom is 0.197 e. The highest BCUT2D eigenvalue weighted by Crippen LogP contribution is 2.37. The molecule has 0 unspecified atom stereocenters. The molecule has 1 aromatic rings. The van der Waals surface area contributed by atoms with E-state index in [9.17, 15) is 10.2 Å². The lowest BCUT2D eigenvalue weighted by Gasteiger charge is -2.32. The summed E-state index contributed by atoms with van der Waals surface area (Å²) in [6.45, 7) is 4.54. The number of aliphatic hydroxyl groups is 2. The summed E-state index contributed by atoms with van der Waals surface area (Å²) >= 11 is 0. The van der Waals surface area contributed by atoms with Crippen LogP contribution in [0, 0.1) is 5.92 Å². The maximum atomic E-state index is 10.3. The van der Waals surface area contributed by atoms with Gasteiger partial charge in [-0.15, -0.1) is 0 Å². The van der Waals surface area contributed by atoms with Gasteiger partial charge in [0.25, 0.3) is 0 Å². The Bertz CT molecular complexity index is 384. The van der Waals surface area contributed by atoms with Crippen LogP contribution in [0.15, 0.2) is 30.3 Å². The highest BCUT2D eigenvalue weighted by Gasteiger charge is 2.41. The van der Waals surface area contributed by atoms with Gasteiger partial charge in [-0.1, -0.05) is 37.3 Å². The number of hydrogen-bond acceptors (Lipinski definition) is 4. The van der Waals surface area contributed by atoms with Crippen LogP contribution in [-0.2, 0) is 15.3 Å². The van der Waals surface area contributed by atoms with Crippen LogP contribution in [0.5, 0.6) is 0 Å². The lowest BCUT2D eigenvalue weighted by molar-refractivity contribution is -0.192. The minimum Gasteiger partial charge on any atom is -0.393 e. The van der Waals surface area contributed by atoms with Crippen molar-refractivity contribution >= 4 is 0 Å². The number of rotatable bonds is 5. The number of ether oxygens (including phenoxy) is 2. The van der Waals surface area contributed by atoms with Crippen molar-refractivity contribution in [2.45, 2.75) is 38.3 Å². The predicted molar refractivity (Wildman–Crippen MR) is 71.5 cm³/mol. The van der Waals surface area contributed by atoms with Gasteiger partial charge in [0.2, 0.25) is 0 Å². The summed E-state index contributed by atoms with van der Waals surface area (Å²) in [5.74, 6) is -1.11. The third kappa shape index (κ3) is 3.15. The quantitative estimate of drug-likeness (QED) is 0.851. The van der Waals surface area contributed by atoms with E-state index in [1.165, 1.54) is 0 Å². The largest absolute Gasteiger partial charge is 0.393 e. The molecule has 0 amide bonds. The molecule has 0 radical (unpaired) electrons. The fourth-order valence-electron chi connectivity index (χ4n) is 2.33. The molecule has 0 spiro atoms. The van der Waals surface area contributed by atoms with E-state index >= 15 is 0 Å². The molecule has 1 heterocycles. The van der Waals surface area contributed by atoms with Gasteiger partial charge in [-0.3, -0.25) is 0 Å². The standard InChI is InChI=1S/C15H22O4/c1-11(12(2)16)14(17)10-15(18-8-9-19-15)13-6-4-3-5-7-13/h3-7,11-12,14,16-17H,8-10H2,1-2H3/t11-,12+,14+/m0/s1. The van der Waals surface area contributed by atoms with Crippen molar-refractivity contribution in [2.24, 2.45) is 5.92 Å². The van der Waals surface area contributed by atoms with Gasteiger partial charge >= 0.3 is 0 Å². The Kier molecular flexibility index (Phi) is 4.58. The van der Waals surface area contributed by atoms with Crippen molar-refractivity contribution in [3.05, 3.63) is 35.9 Å². The van der Waals surface area contributed by atoms with Crippen molar-refractivity contribution in [1.82, 2.24) is 0 Å². The lowest BCUT2D eigenvalue weighted by atomic mass is 9.90. The van der Waals surface area contributed by atoms with E-state index in [4.69, 9.17) is 9.47 Å². The van der Waals surface area contributed by atoms with Crippen LogP contribution in [0.1, 0.15) is 25.8 Å². The molecule has 0 bridgehead atoms. The van der Waals surface area contributed by atoms with Crippen molar-refractivity contribution < 1.29 is 19.7 Å². The molecule has 3 atom stereocenters. The third-order valence-corrected chi connectivity index (χ3v) is 3.81. The molecule has 2 N–H and O–H groups in total. The Morgan fingerprint density at radius 1 is 1.11 bits per heavy atom. The normalized spacial score (nSPS) is 22.9. The van der Waals surface area contributed by atoms with Crippen LogP contribution in [0.2, 0.25) is 0 Å². The predicted octanol–water partition coefficient (Wildman–Crippen LogP) is 1.65. The maximum absolute atomic E-state index is 10.3. The average molecular weight is 266 g/mol. The van der Waals surface area contributed by atoms with E-state index < -0.39 is 18.0 Å². The van der Waals surface area contributed by atoms with Crippen LogP contribution in [0.3, 0.4) is 0 Å². The molecule has 19 heavy (non-hydrogen) atoms. The molecule has 1 aromatic carbocycles. The molecule has 1 aliphatic heterocycles. The number of hydrogen-bond donors (Lipinski definition) is 2. The van der Waals surface area contributed by atoms with Gasteiger partial charge in [0.1, 0.15) is 0 Å². The van der Waals surface area contributed by atoms with Crippen LogP contribution >= 0.6 is 0 Å². The molecule has 0 aliphatic carbocycles. The topological polar surface area (TPSA) is 58.9 Å². The van der Waals surface area contributed by atoms with Gasteiger partial charge in [-0.2, -0.15) is 0 Å². The average Bonchev–Trinajstić information content (AvgIpc) is 2.88. The van der Waals surface area contributed by atoms with Crippen LogP contribution in [0.25, 0.3) is 0 Å². The summed E-state index contributed by atoms with van der Waals surface area (Å²) in [6.07, 6.45) is -0.925. The summed E-state index contributed by atoms with van der Waals surface area (Å²) < 4.78 is 11.5. The van der Waals surface area contributed by atoms with Crippen molar-refractivity contribution in [1.29, 1.82) is 0 Å². The Morgan fingerprint density at radius 2 is 1.68 bits per heavy atom. The lowest BCUT2D eigenvalue weighted by Crippen LogP contribution is -2.37. The molecule has 4 heteroatoms. The van der Waals surface area contributed by atoms with Crippen LogP contribution in [-0.4, -0.2) is 35.6 Å². The summed E-state index contributed by atoms with van der Waals surface area (Å²) in [6, 6.07) is 9.65. The molecule has 1 fully saturated rings. The van der Waals surface area contributed by atoms with E-state index in [1.54, 1.807) is 6.92 Å². The fourth-order valence-corrected chi connectivity index (χ4v) is 2.33. The SMILES string of the molecule is C[C@H]([C@H](O)CC1(c2ccccc2)OCCO1)[C@@H](C)O. The molecule has 0 saturated carbocycles. The second-order valence-corrected chi connectivity index (χ2v) is 5.19. The molecule has 4 nitrogen and oxygen atoms in total. The van der Waals surface area contributed by atoms with Crippen LogP contribution < -0.4 is 0 Å². The highest BCUT2D eigenvalue weighted by molar-refractivity contribution is 5.21. The van der Waals surface area contributed by atoms with Crippen molar-refractivity contribution in [3.63, 3.8) is 0 Å². The fraction of sp³-hybridized carbons (Fsp3) is 0.600. The zero-order valence-corrected chi connectivity index (χ0v) is 11.5. The monoisotopic (exact) mass is 266 g/mol. The first-order chi connectivity index (χ1) is 9.05.